The maximum Gasteiger partial charge on any atom is 0.123 e. The molecule has 2 heteroatoms. The third-order valence-electron chi connectivity index (χ3n) is 4.40. The molecule has 1 N–H and O–H groups in total. The van der Waals surface area contributed by atoms with Crippen molar-refractivity contribution < 1.29 is 4.74 Å². The molecule has 0 heterocycles. The van der Waals surface area contributed by atoms with Gasteiger partial charge >= 0.3 is 0 Å². The van der Waals surface area contributed by atoms with E-state index in [2.05, 4.69) is 73.8 Å². The number of methoxy groups -OCH3 is 1. The van der Waals surface area contributed by atoms with Crippen molar-refractivity contribution in [2.75, 3.05) is 7.11 Å². The van der Waals surface area contributed by atoms with Gasteiger partial charge in [-0.1, -0.05) is 60.7 Å². The minimum atomic E-state index is 0.208. The van der Waals surface area contributed by atoms with Crippen LogP contribution in [0.2, 0.25) is 0 Å². The van der Waals surface area contributed by atoms with Crippen LogP contribution in [-0.4, -0.2) is 7.11 Å². The fourth-order valence-electron chi connectivity index (χ4n) is 3.21. The minimum absolute atomic E-state index is 0.208. The highest BCUT2D eigenvalue weighted by molar-refractivity contribution is 5.86. The molecule has 0 aromatic heterocycles. The SMILES string of the molecule is COc1ccccc1[C@@H](C)N[C@H](C)c1cccc2ccccc12. The van der Waals surface area contributed by atoms with Crippen LogP contribution in [-0.2, 0) is 0 Å². The van der Waals surface area contributed by atoms with E-state index in [1.807, 2.05) is 12.1 Å². The Morgan fingerprint density at radius 3 is 2.17 bits per heavy atom. The first kappa shape index (κ1) is 15.6. The second kappa shape index (κ2) is 6.84. The van der Waals surface area contributed by atoms with Crippen LogP contribution in [0.4, 0.5) is 0 Å². The topological polar surface area (TPSA) is 21.3 Å². The molecule has 0 fully saturated rings. The van der Waals surface area contributed by atoms with Crippen LogP contribution in [0.5, 0.6) is 5.75 Å². The van der Waals surface area contributed by atoms with E-state index < -0.39 is 0 Å². The van der Waals surface area contributed by atoms with Gasteiger partial charge in [-0.2, -0.15) is 0 Å². The fraction of sp³-hybridized carbons (Fsp3) is 0.238. The van der Waals surface area contributed by atoms with Gasteiger partial charge in [-0.15, -0.1) is 0 Å². The first-order valence-corrected chi connectivity index (χ1v) is 8.07. The number of benzene rings is 3. The third kappa shape index (κ3) is 3.22. The van der Waals surface area contributed by atoms with E-state index >= 15 is 0 Å². The Balaban J connectivity index is 1.87. The number of rotatable bonds is 5. The number of fused-ring (bicyclic) bond motifs is 1. The fourth-order valence-corrected chi connectivity index (χ4v) is 3.21. The molecular formula is C21H23NO. The number of hydrogen-bond donors (Lipinski definition) is 1. The zero-order valence-electron chi connectivity index (χ0n) is 13.9. The van der Waals surface area contributed by atoms with Crippen molar-refractivity contribution in [3.63, 3.8) is 0 Å². The predicted molar refractivity (Wildman–Crippen MR) is 96.9 cm³/mol. The van der Waals surface area contributed by atoms with Gasteiger partial charge in [-0.3, -0.25) is 0 Å². The lowest BCUT2D eigenvalue weighted by atomic mass is 9.98. The molecule has 2 atom stereocenters. The zero-order chi connectivity index (χ0) is 16.2. The van der Waals surface area contributed by atoms with Crippen LogP contribution in [0.15, 0.2) is 66.7 Å². The van der Waals surface area contributed by atoms with E-state index in [4.69, 9.17) is 4.74 Å². The van der Waals surface area contributed by atoms with Gasteiger partial charge in [-0.25, -0.2) is 0 Å². The van der Waals surface area contributed by atoms with Gasteiger partial charge in [0.2, 0.25) is 0 Å². The molecule has 0 aliphatic rings. The number of hydrogen-bond acceptors (Lipinski definition) is 2. The van der Waals surface area contributed by atoms with Gasteiger partial charge in [0.25, 0.3) is 0 Å². The van der Waals surface area contributed by atoms with Crippen LogP contribution >= 0.6 is 0 Å². The summed E-state index contributed by atoms with van der Waals surface area (Å²) in [7, 11) is 1.72. The van der Waals surface area contributed by atoms with Crippen molar-refractivity contribution >= 4 is 10.8 Å². The molecule has 0 amide bonds. The molecule has 0 aliphatic heterocycles. The van der Waals surface area contributed by atoms with Crippen LogP contribution < -0.4 is 10.1 Å². The monoisotopic (exact) mass is 305 g/mol. The van der Waals surface area contributed by atoms with E-state index in [1.54, 1.807) is 7.11 Å². The molecule has 0 saturated heterocycles. The van der Waals surface area contributed by atoms with Gasteiger partial charge in [-0.05, 0) is 36.2 Å². The summed E-state index contributed by atoms with van der Waals surface area (Å²) in [5.74, 6) is 0.928. The Morgan fingerprint density at radius 1 is 0.739 bits per heavy atom. The first-order valence-electron chi connectivity index (χ1n) is 8.07. The average Bonchev–Trinajstić information content (AvgIpc) is 2.61. The van der Waals surface area contributed by atoms with E-state index in [1.165, 1.54) is 21.9 Å². The molecule has 0 aliphatic carbocycles. The Morgan fingerprint density at radius 2 is 1.35 bits per heavy atom. The molecule has 3 aromatic carbocycles. The normalized spacial score (nSPS) is 13.7. The first-order chi connectivity index (χ1) is 11.2. The molecule has 0 bridgehead atoms. The van der Waals surface area contributed by atoms with Gasteiger partial charge < -0.3 is 10.1 Å². The second-order valence-corrected chi connectivity index (χ2v) is 5.92. The van der Waals surface area contributed by atoms with E-state index in [9.17, 15) is 0 Å². The summed E-state index contributed by atoms with van der Waals surface area (Å²) < 4.78 is 5.48. The van der Waals surface area contributed by atoms with E-state index in [0.717, 1.165) is 5.75 Å². The number of para-hydroxylation sites is 1. The van der Waals surface area contributed by atoms with E-state index in [-0.39, 0.29) is 12.1 Å². The van der Waals surface area contributed by atoms with Crippen molar-refractivity contribution in [1.29, 1.82) is 0 Å². The summed E-state index contributed by atoms with van der Waals surface area (Å²) in [4.78, 5) is 0. The van der Waals surface area contributed by atoms with Crippen molar-refractivity contribution in [1.82, 2.24) is 5.32 Å². The van der Waals surface area contributed by atoms with E-state index in [0.29, 0.717) is 0 Å². The van der Waals surface area contributed by atoms with Gasteiger partial charge in [0.05, 0.1) is 7.11 Å². The lowest BCUT2D eigenvalue weighted by Crippen LogP contribution is -2.23. The van der Waals surface area contributed by atoms with Crippen molar-refractivity contribution in [3.8, 4) is 5.75 Å². The second-order valence-electron chi connectivity index (χ2n) is 5.92. The van der Waals surface area contributed by atoms with Crippen LogP contribution in [0.25, 0.3) is 10.8 Å². The van der Waals surface area contributed by atoms with Crippen molar-refractivity contribution in [2.24, 2.45) is 0 Å². The van der Waals surface area contributed by atoms with Crippen LogP contribution in [0, 0.1) is 0 Å². The smallest absolute Gasteiger partial charge is 0.123 e. The molecule has 3 aromatic rings. The lowest BCUT2D eigenvalue weighted by molar-refractivity contribution is 0.397. The molecule has 0 radical (unpaired) electrons. The Kier molecular flexibility index (Phi) is 4.63. The molecule has 0 unspecified atom stereocenters. The zero-order valence-corrected chi connectivity index (χ0v) is 13.9. The molecular weight excluding hydrogens is 282 g/mol. The number of ether oxygens (including phenoxy) is 1. The minimum Gasteiger partial charge on any atom is -0.496 e. The molecule has 23 heavy (non-hydrogen) atoms. The molecule has 0 saturated carbocycles. The standard InChI is InChI=1S/C21H23NO/c1-15(18-13-8-10-17-9-4-5-12-20(17)18)22-16(2)19-11-6-7-14-21(19)23-3/h4-16,22H,1-3H3/t15-,16-/m1/s1. The Hall–Kier alpha value is -2.32. The Bertz CT molecular complexity index is 791. The Labute approximate surface area is 138 Å². The quantitative estimate of drug-likeness (QED) is 0.694. The lowest BCUT2D eigenvalue weighted by Gasteiger charge is -2.23. The highest BCUT2D eigenvalue weighted by Gasteiger charge is 2.15. The van der Waals surface area contributed by atoms with Crippen LogP contribution in [0.3, 0.4) is 0 Å². The largest absolute Gasteiger partial charge is 0.496 e. The summed E-state index contributed by atoms with van der Waals surface area (Å²) >= 11 is 0. The maximum atomic E-state index is 5.48. The van der Waals surface area contributed by atoms with Gasteiger partial charge in [0.15, 0.2) is 0 Å². The summed E-state index contributed by atoms with van der Waals surface area (Å²) in [5, 5.41) is 6.29. The number of nitrogens with one attached hydrogen (secondary N) is 1. The summed E-state index contributed by atoms with van der Waals surface area (Å²) in [6, 6.07) is 23.7. The summed E-state index contributed by atoms with van der Waals surface area (Å²) in [5.41, 5.74) is 2.51. The van der Waals surface area contributed by atoms with Crippen LogP contribution in [0.1, 0.15) is 37.1 Å². The summed E-state index contributed by atoms with van der Waals surface area (Å²) in [6.07, 6.45) is 0. The molecule has 0 spiro atoms. The van der Waals surface area contributed by atoms with Crippen molar-refractivity contribution in [2.45, 2.75) is 25.9 Å². The highest BCUT2D eigenvalue weighted by Crippen LogP contribution is 2.29. The molecule has 2 nitrogen and oxygen atoms in total. The highest BCUT2D eigenvalue weighted by atomic mass is 16.5. The van der Waals surface area contributed by atoms with Gasteiger partial charge in [0, 0.05) is 17.6 Å². The van der Waals surface area contributed by atoms with Crippen molar-refractivity contribution in [3.05, 3.63) is 77.9 Å². The average molecular weight is 305 g/mol. The molecule has 3 rings (SSSR count). The maximum absolute atomic E-state index is 5.48. The van der Waals surface area contributed by atoms with Gasteiger partial charge in [0.1, 0.15) is 5.75 Å². The molecule has 118 valence electrons. The summed E-state index contributed by atoms with van der Waals surface area (Å²) in [6.45, 7) is 4.40. The predicted octanol–water partition coefficient (Wildman–Crippen LogP) is 5.26. The third-order valence-corrected chi connectivity index (χ3v) is 4.40.